The summed E-state index contributed by atoms with van der Waals surface area (Å²) in [5.41, 5.74) is 0.296. The largest absolute Gasteiger partial charge is 0.481 e. The van der Waals surface area contributed by atoms with Gasteiger partial charge in [-0.25, -0.2) is 9.59 Å². The lowest BCUT2D eigenvalue weighted by Crippen LogP contribution is -2.19. The molecule has 1 fully saturated rings. The van der Waals surface area contributed by atoms with E-state index in [1.807, 2.05) is 0 Å². The predicted molar refractivity (Wildman–Crippen MR) is 106 cm³/mol. The van der Waals surface area contributed by atoms with Crippen LogP contribution in [0.5, 0.6) is 11.5 Å². The van der Waals surface area contributed by atoms with Crippen LogP contribution in [0.25, 0.3) is 0 Å². The Labute approximate surface area is 175 Å². The number of esters is 2. The minimum atomic E-state index is -0.605. The van der Waals surface area contributed by atoms with Gasteiger partial charge in [-0.3, -0.25) is 0 Å². The van der Waals surface area contributed by atoms with Gasteiger partial charge >= 0.3 is 11.9 Å². The van der Waals surface area contributed by atoms with E-state index >= 15 is 0 Å². The van der Waals surface area contributed by atoms with Crippen LogP contribution in [-0.2, 0) is 14.3 Å². The van der Waals surface area contributed by atoms with Gasteiger partial charge in [0.05, 0.1) is 16.1 Å². The van der Waals surface area contributed by atoms with Gasteiger partial charge in [0.15, 0.2) is 6.61 Å². The Hall–Kier alpha value is -2.09. The van der Waals surface area contributed by atoms with Crippen LogP contribution < -0.4 is 9.47 Å². The van der Waals surface area contributed by atoms with E-state index in [2.05, 4.69) is 15.9 Å². The highest BCUT2D eigenvalue weighted by molar-refractivity contribution is 9.10. The number of carbonyl (C=O) groups excluding carboxylic acids is 2. The zero-order chi connectivity index (χ0) is 19.9. The fraction of sp³-hybridized carbons (Fsp3) is 0.300. The molecule has 8 heteroatoms. The summed E-state index contributed by atoms with van der Waals surface area (Å²) in [5, 5.41) is 0.546. The third-order valence-electron chi connectivity index (χ3n) is 3.97. The molecule has 3 rings (SSSR count). The van der Waals surface area contributed by atoms with E-state index in [1.165, 1.54) is 6.07 Å². The normalized spacial score (nSPS) is 15.9. The fourth-order valence-electron chi connectivity index (χ4n) is 2.60. The lowest BCUT2D eigenvalue weighted by atomic mass is 10.2. The molecule has 1 unspecified atom stereocenters. The number of ether oxygens (including phenoxy) is 4. The molecule has 0 bridgehead atoms. The van der Waals surface area contributed by atoms with Gasteiger partial charge in [-0.2, -0.15) is 0 Å². The second kappa shape index (κ2) is 9.91. The molecule has 1 aliphatic rings. The summed E-state index contributed by atoms with van der Waals surface area (Å²) >= 11 is 9.17. The second-order valence-corrected chi connectivity index (χ2v) is 7.39. The first-order chi connectivity index (χ1) is 13.5. The molecule has 1 heterocycles. The molecule has 148 valence electrons. The summed E-state index contributed by atoms with van der Waals surface area (Å²) in [5.74, 6) is -0.399. The predicted octanol–water partition coefficient (Wildman–Crippen LogP) is 4.42. The molecule has 1 saturated heterocycles. The molecule has 0 saturated carbocycles. The standard InChI is InChI=1S/C20H18BrClO6/c21-17-10-14(22)6-7-18(17)26-12-19(23)28-15-4-1-3-13(9-15)20(24)27-11-16-5-2-8-25-16/h1,3-4,6-7,9-10,16H,2,5,8,11-12H2. The highest BCUT2D eigenvalue weighted by atomic mass is 79.9. The maximum atomic E-state index is 12.2. The molecule has 0 N–H and O–H groups in total. The van der Waals surface area contributed by atoms with Crippen molar-refractivity contribution in [2.75, 3.05) is 19.8 Å². The van der Waals surface area contributed by atoms with Gasteiger partial charge in [0, 0.05) is 11.6 Å². The van der Waals surface area contributed by atoms with Gasteiger partial charge in [-0.1, -0.05) is 17.7 Å². The summed E-state index contributed by atoms with van der Waals surface area (Å²) in [4.78, 5) is 24.2. The lowest BCUT2D eigenvalue weighted by Gasteiger charge is -2.11. The molecule has 0 amide bonds. The van der Waals surface area contributed by atoms with Gasteiger partial charge in [0.1, 0.15) is 18.1 Å². The minimum absolute atomic E-state index is 0.0469. The monoisotopic (exact) mass is 468 g/mol. The van der Waals surface area contributed by atoms with E-state index in [-0.39, 0.29) is 25.1 Å². The van der Waals surface area contributed by atoms with Crippen molar-refractivity contribution in [3.63, 3.8) is 0 Å². The van der Waals surface area contributed by atoms with Crippen molar-refractivity contribution in [3.05, 3.63) is 57.5 Å². The fourth-order valence-corrected chi connectivity index (χ4v) is 3.40. The van der Waals surface area contributed by atoms with E-state index in [0.717, 1.165) is 12.8 Å². The van der Waals surface area contributed by atoms with Crippen LogP contribution in [0.15, 0.2) is 46.9 Å². The van der Waals surface area contributed by atoms with E-state index in [4.69, 9.17) is 30.5 Å². The van der Waals surface area contributed by atoms with Gasteiger partial charge in [-0.15, -0.1) is 0 Å². The average molecular weight is 470 g/mol. The number of benzene rings is 2. The Kier molecular flexibility index (Phi) is 7.30. The van der Waals surface area contributed by atoms with Crippen molar-refractivity contribution in [2.45, 2.75) is 18.9 Å². The third kappa shape index (κ3) is 5.95. The van der Waals surface area contributed by atoms with Crippen LogP contribution in [-0.4, -0.2) is 37.9 Å². The van der Waals surface area contributed by atoms with Crippen LogP contribution in [0, 0.1) is 0 Å². The van der Waals surface area contributed by atoms with Crippen LogP contribution in [0.4, 0.5) is 0 Å². The molecule has 6 nitrogen and oxygen atoms in total. The number of carbonyl (C=O) groups is 2. The minimum Gasteiger partial charge on any atom is -0.481 e. The van der Waals surface area contributed by atoms with Crippen LogP contribution in [0.3, 0.4) is 0 Å². The van der Waals surface area contributed by atoms with E-state index in [1.54, 1.807) is 36.4 Å². The van der Waals surface area contributed by atoms with E-state index < -0.39 is 11.9 Å². The maximum Gasteiger partial charge on any atom is 0.349 e. The number of hydrogen-bond donors (Lipinski definition) is 0. The highest BCUT2D eigenvalue weighted by Crippen LogP contribution is 2.28. The second-order valence-electron chi connectivity index (χ2n) is 6.10. The number of rotatable bonds is 7. The van der Waals surface area contributed by atoms with E-state index in [0.29, 0.717) is 27.4 Å². The topological polar surface area (TPSA) is 71.1 Å². The summed E-state index contributed by atoms with van der Waals surface area (Å²) in [6.45, 7) is 0.614. The Morgan fingerprint density at radius 3 is 2.82 bits per heavy atom. The van der Waals surface area contributed by atoms with Crippen molar-refractivity contribution in [3.8, 4) is 11.5 Å². The Bertz CT molecular complexity index is 850. The first-order valence-electron chi connectivity index (χ1n) is 8.68. The molecule has 1 aliphatic heterocycles. The van der Waals surface area contributed by atoms with Crippen molar-refractivity contribution in [1.82, 2.24) is 0 Å². The SMILES string of the molecule is O=C(COc1ccc(Cl)cc1Br)Oc1cccc(C(=O)OCC2CCCO2)c1. The molecular formula is C20H18BrClO6. The lowest BCUT2D eigenvalue weighted by molar-refractivity contribution is -0.136. The van der Waals surface area contributed by atoms with Crippen molar-refractivity contribution < 1.29 is 28.5 Å². The number of halogens is 2. The van der Waals surface area contributed by atoms with E-state index in [9.17, 15) is 9.59 Å². The quantitative estimate of drug-likeness (QED) is 0.441. The highest BCUT2D eigenvalue weighted by Gasteiger charge is 2.18. The molecule has 0 aromatic heterocycles. The van der Waals surface area contributed by atoms with Crippen molar-refractivity contribution in [2.24, 2.45) is 0 Å². The molecular weight excluding hydrogens is 452 g/mol. The summed E-state index contributed by atoms with van der Waals surface area (Å²) < 4.78 is 22.0. The average Bonchev–Trinajstić information content (AvgIpc) is 3.19. The maximum absolute atomic E-state index is 12.2. The number of hydrogen-bond acceptors (Lipinski definition) is 6. The Morgan fingerprint density at radius 2 is 2.07 bits per heavy atom. The van der Waals surface area contributed by atoms with Gasteiger partial charge in [0.2, 0.25) is 0 Å². The van der Waals surface area contributed by atoms with Gasteiger partial charge in [0.25, 0.3) is 0 Å². The van der Waals surface area contributed by atoms with Crippen molar-refractivity contribution in [1.29, 1.82) is 0 Å². The molecule has 2 aromatic rings. The molecule has 0 radical (unpaired) electrons. The van der Waals surface area contributed by atoms with Gasteiger partial charge in [-0.05, 0) is 65.2 Å². The molecule has 0 spiro atoms. The first kappa shape index (κ1) is 20.6. The van der Waals surface area contributed by atoms with Crippen LogP contribution in [0.2, 0.25) is 5.02 Å². The smallest absolute Gasteiger partial charge is 0.349 e. The Balaban J connectivity index is 1.51. The molecule has 2 aromatic carbocycles. The molecule has 0 aliphatic carbocycles. The summed E-state index contributed by atoms with van der Waals surface area (Å²) in [6.07, 6.45) is 1.81. The van der Waals surface area contributed by atoms with Crippen LogP contribution >= 0.6 is 27.5 Å². The molecule has 28 heavy (non-hydrogen) atoms. The Morgan fingerprint density at radius 1 is 1.21 bits per heavy atom. The summed E-state index contributed by atoms with van der Waals surface area (Å²) in [6, 6.07) is 11.2. The van der Waals surface area contributed by atoms with Crippen LogP contribution in [0.1, 0.15) is 23.2 Å². The summed E-state index contributed by atoms with van der Waals surface area (Å²) in [7, 11) is 0. The zero-order valence-corrected chi connectivity index (χ0v) is 17.2. The molecule has 1 atom stereocenters. The zero-order valence-electron chi connectivity index (χ0n) is 14.9. The third-order valence-corrected chi connectivity index (χ3v) is 4.82. The van der Waals surface area contributed by atoms with Gasteiger partial charge < -0.3 is 18.9 Å². The first-order valence-corrected chi connectivity index (χ1v) is 9.85. The van der Waals surface area contributed by atoms with Crippen molar-refractivity contribution >= 4 is 39.5 Å².